The van der Waals surface area contributed by atoms with Crippen LogP contribution in [0.15, 0.2) is 0 Å². The van der Waals surface area contributed by atoms with E-state index in [2.05, 4.69) is 0 Å². The molecule has 22 heavy (non-hydrogen) atoms. The molecule has 0 aliphatic carbocycles. The Morgan fingerprint density at radius 3 is 1.73 bits per heavy atom. The summed E-state index contributed by atoms with van der Waals surface area (Å²) >= 11 is 0. The molecular formula is C17H30O5. The second-order valence-electron chi connectivity index (χ2n) is 6.08. The van der Waals surface area contributed by atoms with Crippen molar-refractivity contribution in [2.75, 3.05) is 26.4 Å². The van der Waals surface area contributed by atoms with E-state index in [1.54, 1.807) is 0 Å². The molecule has 0 aromatic heterocycles. The minimum absolute atomic E-state index is 0.0484. The third kappa shape index (κ3) is 7.68. The van der Waals surface area contributed by atoms with E-state index in [9.17, 15) is 4.79 Å². The maximum absolute atomic E-state index is 11.8. The number of hydrogen-bond donors (Lipinski definition) is 0. The Morgan fingerprint density at radius 1 is 0.818 bits per heavy atom. The van der Waals surface area contributed by atoms with Gasteiger partial charge in [0.05, 0.1) is 13.2 Å². The molecule has 2 saturated heterocycles. The largest absolute Gasteiger partial charge is 0.353 e. The summed E-state index contributed by atoms with van der Waals surface area (Å²) in [6, 6.07) is 0. The van der Waals surface area contributed by atoms with E-state index in [0.717, 1.165) is 51.7 Å². The molecule has 0 bridgehead atoms. The normalized spacial score (nSPS) is 26.0. The Hall–Kier alpha value is -0.490. The summed E-state index contributed by atoms with van der Waals surface area (Å²) in [6.07, 6.45) is 9.22. The van der Waals surface area contributed by atoms with Crippen molar-refractivity contribution >= 4 is 5.78 Å². The highest BCUT2D eigenvalue weighted by molar-refractivity contribution is 5.78. The van der Waals surface area contributed by atoms with Crippen LogP contribution >= 0.6 is 0 Å². The first-order chi connectivity index (χ1) is 10.8. The SMILES string of the molecule is O=C(CCCOC1CCCCO1)CCCOC1CCCCO1. The summed E-state index contributed by atoms with van der Waals surface area (Å²) in [5.74, 6) is 0.293. The first kappa shape index (κ1) is 17.9. The van der Waals surface area contributed by atoms with Gasteiger partial charge in [0.25, 0.3) is 0 Å². The minimum atomic E-state index is -0.0484. The van der Waals surface area contributed by atoms with Gasteiger partial charge in [0.15, 0.2) is 12.6 Å². The molecule has 0 amide bonds. The summed E-state index contributed by atoms with van der Waals surface area (Å²) < 4.78 is 22.2. The van der Waals surface area contributed by atoms with Gasteiger partial charge in [-0.3, -0.25) is 4.79 Å². The van der Waals surface area contributed by atoms with Gasteiger partial charge in [0.1, 0.15) is 5.78 Å². The molecule has 2 unspecified atom stereocenters. The fraction of sp³-hybridized carbons (Fsp3) is 0.941. The van der Waals surface area contributed by atoms with E-state index in [0.29, 0.717) is 31.8 Å². The summed E-state index contributed by atoms with van der Waals surface area (Å²) in [5.41, 5.74) is 0. The van der Waals surface area contributed by atoms with Gasteiger partial charge < -0.3 is 18.9 Å². The summed E-state index contributed by atoms with van der Waals surface area (Å²) in [5, 5.41) is 0. The quantitative estimate of drug-likeness (QED) is 0.580. The van der Waals surface area contributed by atoms with Gasteiger partial charge in [0, 0.05) is 26.1 Å². The molecule has 2 atom stereocenters. The van der Waals surface area contributed by atoms with Crippen LogP contribution in [-0.2, 0) is 23.7 Å². The van der Waals surface area contributed by atoms with Crippen molar-refractivity contribution in [2.45, 2.75) is 76.8 Å². The number of rotatable bonds is 10. The summed E-state index contributed by atoms with van der Waals surface area (Å²) in [7, 11) is 0. The lowest BCUT2D eigenvalue weighted by molar-refractivity contribution is -0.164. The zero-order valence-corrected chi connectivity index (χ0v) is 13.6. The Kier molecular flexibility index (Phi) is 9.02. The highest BCUT2D eigenvalue weighted by Gasteiger charge is 2.15. The van der Waals surface area contributed by atoms with Crippen molar-refractivity contribution in [1.82, 2.24) is 0 Å². The summed E-state index contributed by atoms with van der Waals surface area (Å²) in [4.78, 5) is 11.8. The van der Waals surface area contributed by atoms with Gasteiger partial charge in [-0.1, -0.05) is 0 Å². The minimum Gasteiger partial charge on any atom is -0.353 e. The lowest BCUT2D eigenvalue weighted by Gasteiger charge is -2.22. The average molecular weight is 314 g/mol. The zero-order valence-electron chi connectivity index (χ0n) is 13.6. The second-order valence-corrected chi connectivity index (χ2v) is 6.08. The first-order valence-corrected chi connectivity index (χ1v) is 8.83. The molecule has 2 aliphatic heterocycles. The van der Waals surface area contributed by atoms with Crippen LogP contribution in [0.25, 0.3) is 0 Å². The number of ether oxygens (including phenoxy) is 4. The van der Waals surface area contributed by atoms with E-state index in [1.807, 2.05) is 0 Å². The van der Waals surface area contributed by atoms with E-state index in [4.69, 9.17) is 18.9 Å². The van der Waals surface area contributed by atoms with Crippen LogP contribution < -0.4 is 0 Å². The van der Waals surface area contributed by atoms with Gasteiger partial charge in [0.2, 0.25) is 0 Å². The van der Waals surface area contributed by atoms with Crippen LogP contribution in [0.1, 0.15) is 64.2 Å². The maximum atomic E-state index is 11.8. The molecular weight excluding hydrogens is 284 g/mol. The third-order valence-corrected chi connectivity index (χ3v) is 4.08. The molecule has 0 spiro atoms. The van der Waals surface area contributed by atoms with E-state index < -0.39 is 0 Å². The molecule has 2 fully saturated rings. The molecule has 5 heteroatoms. The molecule has 2 rings (SSSR count). The van der Waals surface area contributed by atoms with Crippen LogP contribution in [0.3, 0.4) is 0 Å². The Balaban J connectivity index is 1.39. The molecule has 2 heterocycles. The number of hydrogen-bond acceptors (Lipinski definition) is 5. The van der Waals surface area contributed by atoms with Gasteiger partial charge >= 0.3 is 0 Å². The highest BCUT2D eigenvalue weighted by Crippen LogP contribution is 2.15. The number of Topliss-reactive ketones (excluding diaryl/α,β-unsaturated/α-hetero) is 1. The summed E-state index contributed by atoms with van der Waals surface area (Å²) in [6.45, 7) is 2.83. The van der Waals surface area contributed by atoms with Gasteiger partial charge in [-0.15, -0.1) is 0 Å². The predicted octanol–water partition coefficient (Wildman–Crippen LogP) is 3.20. The predicted molar refractivity (Wildman–Crippen MR) is 82.6 cm³/mol. The van der Waals surface area contributed by atoms with Crippen molar-refractivity contribution in [1.29, 1.82) is 0 Å². The smallest absolute Gasteiger partial charge is 0.157 e. The topological polar surface area (TPSA) is 54.0 Å². The number of carbonyl (C=O) groups is 1. The van der Waals surface area contributed by atoms with Gasteiger partial charge in [-0.05, 0) is 51.4 Å². The first-order valence-electron chi connectivity index (χ1n) is 8.83. The zero-order chi connectivity index (χ0) is 15.5. The lowest BCUT2D eigenvalue weighted by atomic mass is 10.1. The number of ketones is 1. The molecule has 0 saturated carbocycles. The van der Waals surface area contributed by atoms with Crippen LogP contribution in [-0.4, -0.2) is 44.8 Å². The Morgan fingerprint density at radius 2 is 1.32 bits per heavy atom. The fourth-order valence-electron chi connectivity index (χ4n) is 2.78. The highest BCUT2D eigenvalue weighted by atomic mass is 16.7. The van der Waals surface area contributed by atoms with E-state index in [1.165, 1.54) is 12.8 Å². The van der Waals surface area contributed by atoms with Crippen molar-refractivity contribution in [3.05, 3.63) is 0 Å². The van der Waals surface area contributed by atoms with Crippen LogP contribution in [0, 0.1) is 0 Å². The Labute approximate surface area is 133 Å². The van der Waals surface area contributed by atoms with Gasteiger partial charge in [-0.25, -0.2) is 0 Å². The van der Waals surface area contributed by atoms with Crippen LogP contribution in [0.5, 0.6) is 0 Å². The molecule has 0 N–H and O–H groups in total. The molecule has 0 radical (unpaired) electrons. The van der Waals surface area contributed by atoms with Crippen molar-refractivity contribution in [3.8, 4) is 0 Å². The molecule has 5 nitrogen and oxygen atoms in total. The molecule has 2 aliphatic rings. The monoisotopic (exact) mass is 314 g/mol. The Bertz CT molecular complexity index is 267. The molecule has 128 valence electrons. The number of carbonyl (C=O) groups excluding carboxylic acids is 1. The lowest BCUT2D eigenvalue weighted by Crippen LogP contribution is -2.23. The van der Waals surface area contributed by atoms with Gasteiger partial charge in [-0.2, -0.15) is 0 Å². The van der Waals surface area contributed by atoms with E-state index >= 15 is 0 Å². The standard InChI is InChI=1S/C17H30O5/c18-15(7-5-13-21-16-9-1-3-11-19-16)8-6-14-22-17-10-2-4-12-20-17/h16-17H,1-14H2. The second kappa shape index (κ2) is 11.1. The third-order valence-electron chi connectivity index (χ3n) is 4.08. The van der Waals surface area contributed by atoms with Crippen molar-refractivity contribution < 1.29 is 23.7 Å². The van der Waals surface area contributed by atoms with Crippen LogP contribution in [0.2, 0.25) is 0 Å². The van der Waals surface area contributed by atoms with Crippen LogP contribution in [0.4, 0.5) is 0 Å². The average Bonchev–Trinajstić information content (AvgIpc) is 2.57. The molecule has 0 aromatic carbocycles. The maximum Gasteiger partial charge on any atom is 0.157 e. The fourth-order valence-corrected chi connectivity index (χ4v) is 2.78. The van der Waals surface area contributed by atoms with Crippen molar-refractivity contribution in [3.63, 3.8) is 0 Å². The van der Waals surface area contributed by atoms with E-state index in [-0.39, 0.29) is 12.6 Å². The molecule has 0 aromatic rings. The van der Waals surface area contributed by atoms with Crippen molar-refractivity contribution in [2.24, 2.45) is 0 Å².